The number of hydrogen-bond donors (Lipinski definition) is 1. The molecule has 2 aliphatic rings. The molecular formula is C24H27NO2. The summed E-state index contributed by atoms with van der Waals surface area (Å²) >= 11 is 0. The van der Waals surface area contributed by atoms with Gasteiger partial charge in [-0.15, -0.1) is 0 Å². The van der Waals surface area contributed by atoms with Crippen LogP contribution >= 0.6 is 0 Å². The molecule has 0 saturated heterocycles. The average molecular weight is 361 g/mol. The van der Waals surface area contributed by atoms with Gasteiger partial charge in [0, 0.05) is 23.8 Å². The molecule has 0 atom stereocenters. The molecule has 1 heterocycles. The molecule has 3 rings (SSSR count). The van der Waals surface area contributed by atoms with E-state index in [1.807, 2.05) is 52.1 Å². The molecule has 1 aliphatic carbocycles. The van der Waals surface area contributed by atoms with Crippen molar-refractivity contribution in [2.45, 2.75) is 40.0 Å². The fourth-order valence-corrected chi connectivity index (χ4v) is 3.97. The van der Waals surface area contributed by atoms with Crippen LogP contribution in [0, 0.1) is 0 Å². The molecule has 0 saturated carbocycles. The smallest absolute Gasteiger partial charge is 0.200 e. The molecular weight excluding hydrogens is 334 g/mol. The summed E-state index contributed by atoms with van der Waals surface area (Å²) in [6, 6.07) is 8.24. The van der Waals surface area contributed by atoms with Gasteiger partial charge in [-0.2, -0.15) is 0 Å². The predicted molar refractivity (Wildman–Crippen MR) is 112 cm³/mol. The number of rotatable bonds is 3. The number of carbonyl (C=O) groups is 1. The molecule has 3 nitrogen and oxygen atoms in total. The molecule has 0 spiro atoms. The van der Waals surface area contributed by atoms with Crippen molar-refractivity contribution in [3.8, 4) is 0 Å². The lowest BCUT2D eigenvalue weighted by molar-refractivity contribution is -0.113. The zero-order chi connectivity index (χ0) is 20.1. The summed E-state index contributed by atoms with van der Waals surface area (Å²) in [5, 5.41) is 10.6. The maximum Gasteiger partial charge on any atom is 0.200 e. The maximum absolute atomic E-state index is 12.8. The highest BCUT2D eigenvalue weighted by molar-refractivity contribution is 6.21. The van der Waals surface area contributed by atoms with Gasteiger partial charge >= 0.3 is 0 Å². The van der Waals surface area contributed by atoms with Crippen LogP contribution in [0.5, 0.6) is 0 Å². The lowest BCUT2D eigenvalue weighted by Crippen LogP contribution is -2.27. The Morgan fingerprint density at radius 1 is 1.19 bits per heavy atom. The number of ketones is 1. The average Bonchev–Trinajstić information content (AvgIpc) is 2.79. The summed E-state index contributed by atoms with van der Waals surface area (Å²) in [5.41, 5.74) is 6.57. The fraction of sp³-hybridized carbons (Fsp3) is 0.292. The van der Waals surface area contributed by atoms with Gasteiger partial charge in [0.1, 0.15) is 5.76 Å². The Morgan fingerprint density at radius 2 is 1.81 bits per heavy atom. The van der Waals surface area contributed by atoms with Crippen molar-refractivity contribution in [3.63, 3.8) is 0 Å². The minimum absolute atomic E-state index is 0.0830. The molecule has 0 bridgehead atoms. The van der Waals surface area contributed by atoms with E-state index in [1.54, 1.807) is 0 Å². The molecule has 0 aromatic heterocycles. The number of aliphatic hydroxyl groups is 1. The summed E-state index contributed by atoms with van der Waals surface area (Å²) in [6.45, 7) is 13.9. The number of anilines is 1. The van der Waals surface area contributed by atoms with Crippen LogP contribution in [0.25, 0.3) is 0 Å². The molecule has 0 amide bonds. The summed E-state index contributed by atoms with van der Waals surface area (Å²) < 4.78 is 0. The number of hydrogen-bond acceptors (Lipinski definition) is 3. The number of aliphatic hydroxyl groups excluding tert-OH is 1. The van der Waals surface area contributed by atoms with Crippen molar-refractivity contribution in [3.05, 3.63) is 87.9 Å². The predicted octanol–water partition coefficient (Wildman–Crippen LogP) is 5.53. The molecule has 1 aromatic carbocycles. The van der Waals surface area contributed by atoms with Gasteiger partial charge in [-0.05, 0) is 49.6 Å². The van der Waals surface area contributed by atoms with Crippen LogP contribution in [0.2, 0.25) is 0 Å². The van der Waals surface area contributed by atoms with Gasteiger partial charge < -0.3 is 10.0 Å². The molecule has 1 aliphatic heterocycles. The topological polar surface area (TPSA) is 40.5 Å². The fourth-order valence-electron chi connectivity index (χ4n) is 3.97. The number of likely N-dealkylation sites (N-methyl/N-ethyl adjacent to an activating group) is 1. The second-order valence-electron chi connectivity index (χ2n) is 8.00. The summed E-state index contributed by atoms with van der Waals surface area (Å²) in [6.07, 6.45) is 3.76. The Labute approximate surface area is 161 Å². The molecule has 140 valence electrons. The van der Waals surface area contributed by atoms with Crippen molar-refractivity contribution in [2.24, 2.45) is 0 Å². The van der Waals surface area contributed by atoms with E-state index in [-0.39, 0.29) is 17.0 Å². The van der Waals surface area contributed by atoms with Gasteiger partial charge in [0.25, 0.3) is 0 Å². The lowest BCUT2D eigenvalue weighted by atomic mass is 9.79. The largest absolute Gasteiger partial charge is 0.506 e. The Hall–Kier alpha value is -2.81. The first-order chi connectivity index (χ1) is 12.6. The highest BCUT2D eigenvalue weighted by Crippen LogP contribution is 2.48. The van der Waals surface area contributed by atoms with Crippen molar-refractivity contribution < 1.29 is 9.90 Å². The molecule has 0 fully saturated rings. The number of benzene rings is 1. The first-order valence-electron chi connectivity index (χ1n) is 9.16. The Balaban J connectivity index is 2.06. The molecule has 0 radical (unpaired) electrons. The molecule has 1 aromatic rings. The van der Waals surface area contributed by atoms with E-state index in [2.05, 4.69) is 37.5 Å². The monoisotopic (exact) mass is 361 g/mol. The van der Waals surface area contributed by atoms with E-state index in [0.717, 1.165) is 28.1 Å². The normalized spacial score (nSPS) is 22.1. The van der Waals surface area contributed by atoms with Gasteiger partial charge in [0.15, 0.2) is 0 Å². The van der Waals surface area contributed by atoms with Gasteiger partial charge in [0.05, 0.1) is 11.1 Å². The van der Waals surface area contributed by atoms with Crippen molar-refractivity contribution >= 4 is 11.5 Å². The number of Topliss-reactive ketones (excluding diaryl/α,β-unsaturated/α-hetero) is 1. The van der Waals surface area contributed by atoms with Crippen LogP contribution in [0.1, 0.15) is 40.2 Å². The SMILES string of the molecule is C=C(C)/C=C(C)\C(C)=C1\C(=O)C(/C=C2\N(C)c3ccccc3C2(C)C)=C1O. The summed E-state index contributed by atoms with van der Waals surface area (Å²) in [4.78, 5) is 14.9. The third-order valence-electron chi connectivity index (χ3n) is 5.61. The van der Waals surface area contributed by atoms with E-state index in [9.17, 15) is 9.90 Å². The zero-order valence-electron chi connectivity index (χ0n) is 17.0. The van der Waals surface area contributed by atoms with Gasteiger partial charge in [-0.1, -0.05) is 50.3 Å². The number of allylic oxidation sites excluding steroid dienone is 8. The minimum atomic E-state index is -0.233. The third-order valence-corrected chi connectivity index (χ3v) is 5.61. The second-order valence-corrected chi connectivity index (χ2v) is 8.00. The van der Waals surface area contributed by atoms with Gasteiger partial charge in [-0.25, -0.2) is 0 Å². The van der Waals surface area contributed by atoms with Crippen LogP contribution < -0.4 is 4.90 Å². The Morgan fingerprint density at radius 3 is 2.37 bits per heavy atom. The standard InChI is InChI=1S/C24H27NO2/c1-14(2)12-15(3)16(4)21-22(26)17(23(21)27)13-20-24(5,6)18-10-8-9-11-19(18)25(20)7/h8-13,26H,1H2,2-7H3/b15-12-,20-13-,21-16+. The van der Waals surface area contributed by atoms with E-state index in [1.165, 1.54) is 5.56 Å². The first kappa shape index (κ1) is 19.0. The molecule has 27 heavy (non-hydrogen) atoms. The Kier molecular flexibility index (Phi) is 4.51. The second kappa shape index (κ2) is 6.41. The quantitative estimate of drug-likeness (QED) is 0.568. The molecule has 0 unspecified atom stereocenters. The number of para-hydroxylation sites is 1. The summed E-state index contributed by atoms with van der Waals surface area (Å²) in [5.74, 6) is -0.0215. The minimum Gasteiger partial charge on any atom is -0.506 e. The zero-order valence-corrected chi connectivity index (χ0v) is 17.0. The van der Waals surface area contributed by atoms with Gasteiger partial charge in [0.2, 0.25) is 5.78 Å². The third kappa shape index (κ3) is 2.87. The van der Waals surface area contributed by atoms with Crippen molar-refractivity contribution in [2.75, 3.05) is 11.9 Å². The van der Waals surface area contributed by atoms with E-state index in [4.69, 9.17) is 0 Å². The van der Waals surface area contributed by atoms with Crippen LogP contribution in [-0.2, 0) is 10.2 Å². The van der Waals surface area contributed by atoms with Crippen LogP contribution in [0.3, 0.4) is 0 Å². The lowest BCUT2D eigenvalue weighted by Gasteiger charge is -2.27. The maximum atomic E-state index is 12.8. The van der Waals surface area contributed by atoms with Crippen molar-refractivity contribution in [1.29, 1.82) is 0 Å². The van der Waals surface area contributed by atoms with Crippen LogP contribution in [0.15, 0.2) is 82.3 Å². The Bertz CT molecular complexity index is 983. The van der Waals surface area contributed by atoms with Crippen LogP contribution in [0.4, 0.5) is 5.69 Å². The van der Waals surface area contributed by atoms with Crippen molar-refractivity contribution in [1.82, 2.24) is 0 Å². The molecule has 3 heteroatoms. The van der Waals surface area contributed by atoms with E-state index < -0.39 is 0 Å². The number of fused-ring (bicyclic) bond motifs is 1. The molecule has 1 N–H and O–H groups in total. The highest BCUT2D eigenvalue weighted by Gasteiger charge is 2.41. The number of carbonyl (C=O) groups excluding carboxylic acids is 1. The first-order valence-corrected chi connectivity index (χ1v) is 9.16. The number of nitrogens with zero attached hydrogens (tertiary/aromatic N) is 1. The van der Waals surface area contributed by atoms with Gasteiger partial charge in [-0.3, -0.25) is 4.79 Å². The van der Waals surface area contributed by atoms with E-state index in [0.29, 0.717) is 11.1 Å². The van der Waals surface area contributed by atoms with Crippen LogP contribution in [-0.4, -0.2) is 17.9 Å². The summed E-state index contributed by atoms with van der Waals surface area (Å²) in [7, 11) is 2.00. The van der Waals surface area contributed by atoms with E-state index >= 15 is 0 Å². The highest BCUT2D eigenvalue weighted by atomic mass is 16.3.